The number of aromatic nitrogens is 2. The summed E-state index contributed by atoms with van der Waals surface area (Å²) in [5, 5.41) is 3.51. The van der Waals surface area contributed by atoms with Gasteiger partial charge in [0.2, 0.25) is 0 Å². The van der Waals surface area contributed by atoms with Gasteiger partial charge in [-0.05, 0) is 72.6 Å². The zero-order chi connectivity index (χ0) is 39.1. The maximum Gasteiger partial charge on any atom is 0.261 e. The minimum atomic E-state index is -0.481. The third-order valence-electron chi connectivity index (χ3n) is 10.3. The second-order valence-electron chi connectivity index (χ2n) is 14.2. The predicted molar refractivity (Wildman–Crippen MR) is 218 cm³/mol. The van der Waals surface area contributed by atoms with E-state index in [4.69, 9.17) is 0 Å². The Labute approximate surface area is 320 Å². The zero-order valence-electron chi connectivity index (χ0n) is 31.0. The van der Waals surface area contributed by atoms with Crippen molar-refractivity contribution in [3.05, 3.63) is 168 Å². The van der Waals surface area contributed by atoms with Crippen molar-refractivity contribution < 1.29 is 9.59 Å². The highest BCUT2D eigenvalue weighted by atomic mass is 16.2. The van der Waals surface area contributed by atoms with Crippen LogP contribution in [0.4, 0.5) is 17.1 Å². The molecule has 0 saturated heterocycles. The van der Waals surface area contributed by atoms with Crippen molar-refractivity contribution in [2.45, 2.75) is 32.9 Å². The first kappa shape index (κ1) is 36.0. The fourth-order valence-corrected chi connectivity index (χ4v) is 7.25. The van der Waals surface area contributed by atoms with Crippen LogP contribution < -0.4 is 37.4 Å². The molecule has 4 aromatic carbocycles. The normalized spacial score (nSPS) is 13.9. The molecule has 2 aliphatic rings. The highest BCUT2D eigenvalue weighted by Crippen LogP contribution is 2.23. The molecule has 13 nitrogen and oxygen atoms in total. The second kappa shape index (κ2) is 14.7. The van der Waals surface area contributed by atoms with Crippen molar-refractivity contribution >= 4 is 50.3 Å². The van der Waals surface area contributed by atoms with Crippen LogP contribution >= 0.6 is 0 Å². The number of nitrogens with one attached hydrogen (secondary N) is 1. The molecular formula is C43H39N7O6. The summed E-state index contributed by atoms with van der Waals surface area (Å²) in [4.78, 5) is 86.2. The summed E-state index contributed by atoms with van der Waals surface area (Å²) in [6, 6.07) is 24.7. The number of hydrogen-bond acceptors (Lipinski definition) is 10. The molecule has 0 unspecified atom stereocenters. The average molecular weight is 750 g/mol. The predicted octanol–water partition coefficient (Wildman–Crippen LogP) is 4.43. The van der Waals surface area contributed by atoms with Crippen LogP contribution in [0.15, 0.2) is 129 Å². The van der Waals surface area contributed by atoms with Gasteiger partial charge in [0, 0.05) is 86.1 Å². The molecule has 8 rings (SSSR count). The fourth-order valence-electron chi connectivity index (χ4n) is 7.25. The van der Waals surface area contributed by atoms with Gasteiger partial charge in [-0.15, -0.1) is 0 Å². The van der Waals surface area contributed by atoms with Crippen LogP contribution in [0.5, 0.6) is 0 Å². The first-order chi connectivity index (χ1) is 27.1. The molecule has 6 aromatic rings. The maximum atomic E-state index is 13.2. The van der Waals surface area contributed by atoms with Gasteiger partial charge in [0.25, 0.3) is 28.1 Å². The van der Waals surface area contributed by atoms with Crippen molar-refractivity contribution in [2.24, 2.45) is 0 Å². The lowest BCUT2D eigenvalue weighted by Crippen LogP contribution is -2.33. The van der Waals surface area contributed by atoms with Gasteiger partial charge in [0.15, 0.2) is 5.78 Å². The van der Waals surface area contributed by atoms with Gasteiger partial charge in [-0.3, -0.25) is 37.9 Å². The van der Waals surface area contributed by atoms with E-state index in [2.05, 4.69) is 15.1 Å². The first-order valence-electron chi connectivity index (χ1n) is 18.5. The van der Waals surface area contributed by atoms with Gasteiger partial charge in [-0.2, -0.15) is 0 Å². The summed E-state index contributed by atoms with van der Waals surface area (Å²) < 4.78 is 2.31. The molecule has 0 aliphatic carbocycles. The Bertz CT molecular complexity index is 2680. The van der Waals surface area contributed by atoms with Crippen molar-refractivity contribution in [2.75, 3.05) is 42.0 Å². The minimum Gasteiger partial charge on any atom is -0.361 e. The molecule has 1 amide bonds. The number of amides is 1. The number of nitrogens with zero attached hydrogens (tertiary/aromatic N) is 6. The molecule has 2 aromatic heterocycles. The van der Waals surface area contributed by atoms with Crippen LogP contribution in [0.1, 0.15) is 39.6 Å². The molecule has 282 valence electrons. The molecule has 56 heavy (non-hydrogen) atoms. The van der Waals surface area contributed by atoms with Crippen molar-refractivity contribution in [1.82, 2.24) is 18.9 Å². The van der Waals surface area contributed by atoms with Crippen molar-refractivity contribution in [1.29, 1.82) is 0 Å². The number of carbonyl (C=O) groups excluding carboxylic acids is 2. The Balaban J connectivity index is 0.841. The van der Waals surface area contributed by atoms with E-state index >= 15 is 0 Å². The minimum absolute atomic E-state index is 0.0292. The number of fused-ring (bicyclic) bond motifs is 2. The molecule has 0 radical (unpaired) electrons. The van der Waals surface area contributed by atoms with Crippen LogP contribution in [0, 0.1) is 0 Å². The molecule has 4 heterocycles. The Hall–Kier alpha value is -7.02. The van der Waals surface area contributed by atoms with E-state index < -0.39 is 22.2 Å². The number of ketones is 1. The monoisotopic (exact) mass is 749 g/mol. The summed E-state index contributed by atoms with van der Waals surface area (Å²) in [6.07, 6.45) is 8.67. The first-order valence-corrected chi connectivity index (χ1v) is 18.5. The van der Waals surface area contributed by atoms with Crippen molar-refractivity contribution in [3.8, 4) is 0 Å². The summed E-state index contributed by atoms with van der Waals surface area (Å²) in [5.74, 6) is -0.325. The van der Waals surface area contributed by atoms with Gasteiger partial charge >= 0.3 is 0 Å². The van der Waals surface area contributed by atoms with Gasteiger partial charge in [-0.1, -0.05) is 31.2 Å². The summed E-state index contributed by atoms with van der Waals surface area (Å²) in [6.45, 7) is 3.91. The quantitative estimate of drug-likeness (QED) is 0.179. The van der Waals surface area contributed by atoms with Crippen LogP contribution in [0.25, 0.3) is 21.5 Å². The molecule has 0 saturated carbocycles. The molecule has 1 N–H and O–H groups in total. The number of rotatable bonds is 12. The van der Waals surface area contributed by atoms with E-state index in [0.29, 0.717) is 36.4 Å². The highest BCUT2D eigenvalue weighted by Gasteiger charge is 2.21. The molecular weight excluding hydrogens is 711 g/mol. The molecule has 0 atom stereocenters. The Morgan fingerprint density at radius 3 is 1.66 bits per heavy atom. The van der Waals surface area contributed by atoms with E-state index in [1.165, 1.54) is 12.1 Å². The lowest BCUT2D eigenvalue weighted by molar-refractivity contribution is 0.0989. The van der Waals surface area contributed by atoms with E-state index in [-0.39, 0.29) is 52.7 Å². The van der Waals surface area contributed by atoms with E-state index in [0.717, 1.165) is 32.7 Å². The molecule has 0 spiro atoms. The number of carbonyl (C=O) groups is 2. The Morgan fingerprint density at radius 2 is 1.11 bits per heavy atom. The summed E-state index contributed by atoms with van der Waals surface area (Å²) in [5.41, 5.74) is 2.58. The second-order valence-corrected chi connectivity index (χ2v) is 14.2. The van der Waals surface area contributed by atoms with E-state index in [1.807, 2.05) is 85.0 Å². The van der Waals surface area contributed by atoms with Gasteiger partial charge in [-0.25, -0.2) is 0 Å². The molecule has 13 heteroatoms. The average Bonchev–Trinajstić information content (AvgIpc) is 3.97. The Morgan fingerprint density at radius 1 is 0.589 bits per heavy atom. The maximum absolute atomic E-state index is 13.2. The number of benzene rings is 4. The molecule has 2 aliphatic heterocycles. The lowest BCUT2D eigenvalue weighted by Gasteiger charge is -2.21. The van der Waals surface area contributed by atoms with E-state index in [1.54, 1.807) is 36.4 Å². The summed E-state index contributed by atoms with van der Waals surface area (Å²) >= 11 is 0. The zero-order valence-corrected chi connectivity index (χ0v) is 31.0. The SMILES string of the molecule is CCCn1c(=O)c2cc3c(=O)n(CCN4C=CN(c5ccc(NC(=O)c6ccc(C(=O)Cc7ccc(N8C=CN(C)C8)cc7)cc6)cc5)C4)c(=O)c3cc2c1=O. The van der Waals surface area contributed by atoms with Crippen LogP contribution in [0.3, 0.4) is 0 Å². The van der Waals surface area contributed by atoms with Crippen LogP contribution in [0.2, 0.25) is 0 Å². The van der Waals surface area contributed by atoms with Gasteiger partial charge in [0.05, 0.1) is 34.9 Å². The topological polar surface area (TPSA) is 137 Å². The third kappa shape index (κ3) is 6.79. The third-order valence-corrected chi connectivity index (χ3v) is 10.3. The summed E-state index contributed by atoms with van der Waals surface area (Å²) in [7, 11) is 2.01. The molecule has 0 bridgehead atoms. The lowest BCUT2D eigenvalue weighted by atomic mass is 10.0. The van der Waals surface area contributed by atoms with Crippen LogP contribution in [-0.2, 0) is 19.5 Å². The number of hydrogen-bond donors (Lipinski definition) is 1. The molecule has 0 fully saturated rings. The smallest absolute Gasteiger partial charge is 0.261 e. The van der Waals surface area contributed by atoms with Gasteiger partial charge < -0.3 is 24.9 Å². The fraction of sp³-hybridized carbons (Fsp3) is 0.209. The van der Waals surface area contributed by atoms with Gasteiger partial charge in [0.1, 0.15) is 0 Å². The van der Waals surface area contributed by atoms with Crippen LogP contribution in [-0.4, -0.2) is 57.6 Å². The van der Waals surface area contributed by atoms with E-state index in [9.17, 15) is 28.8 Å². The number of Topliss-reactive ketones (excluding diaryl/α,β-unsaturated/α-hetero) is 1. The van der Waals surface area contributed by atoms with Crippen molar-refractivity contribution in [3.63, 3.8) is 0 Å². The Kier molecular flexibility index (Phi) is 9.42. The largest absolute Gasteiger partial charge is 0.361 e. The number of anilines is 3. The highest BCUT2D eigenvalue weighted by molar-refractivity contribution is 6.05. The standard InChI is InChI=1S/C43H39N7O6/c1-3-16-49-40(53)34-24-36-37(25-35(34)41(49)54)43(56)50(42(36)55)22-19-46-18-21-48(27-46)33-14-10-31(11-15-33)44-39(52)30-8-6-29(7-9-30)38(51)23-28-4-12-32(13-5-28)47-20-17-45(2)26-47/h4-15,17-18,20-21,24-25H,3,16,19,22-23,26-27H2,1-2H3,(H,44,52).